The molecule has 0 atom stereocenters. The van der Waals surface area contributed by atoms with Crippen molar-refractivity contribution in [3.63, 3.8) is 0 Å². The molecule has 0 aliphatic rings. The first-order chi connectivity index (χ1) is 17.4. The average Bonchev–Trinajstić information content (AvgIpc) is 2.80. The van der Waals surface area contributed by atoms with Crippen LogP contribution in [0.25, 0.3) is 0 Å². The first kappa shape index (κ1) is 37.0. The number of hydrogen-bond donors (Lipinski definition) is 2. The van der Waals surface area contributed by atoms with Gasteiger partial charge >= 0.3 is 16.8 Å². The van der Waals surface area contributed by atoms with Crippen LogP contribution in [-0.4, -0.2) is 41.2 Å². The second-order valence-electron chi connectivity index (χ2n) is 8.66. The first-order valence-corrected chi connectivity index (χ1v) is 12.4. The normalized spacial score (nSPS) is 10.3. The molecule has 38 heavy (non-hydrogen) atoms. The molecule has 1 radical (unpaired) electrons. The number of aliphatic imine (C=N–C) groups is 2. The van der Waals surface area contributed by atoms with Gasteiger partial charge in [0, 0.05) is 35.5 Å². The fourth-order valence-corrected chi connectivity index (χ4v) is 3.34. The molecule has 0 fully saturated rings. The van der Waals surface area contributed by atoms with E-state index in [1.54, 1.807) is 12.4 Å². The molecule has 0 amide bonds. The van der Waals surface area contributed by atoms with Gasteiger partial charge in [0.2, 0.25) is 0 Å². The predicted octanol–water partition coefficient (Wildman–Crippen LogP) is 3.41. The summed E-state index contributed by atoms with van der Waals surface area (Å²) in [5, 5.41) is 38.4. The standard InChI is InChI=1S/C25H34N2O2.2C2H4O2.Co/c1-5-7-9-20-11-18(3)24(28)22(13-20)15-26-17-27-16-23-14-21(10-8-6-2)12-19(4)25(23)29;2*1-2(3)4;/h11-16,28-29H,5-10,17H2,1-4H3;2*1H3,(H,3,4);/q;;;+2/p-2. The summed E-state index contributed by atoms with van der Waals surface area (Å²) < 4.78 is 0. The summed E-state index contributed by atoms with van der Waals surface area (Å²) in [5.41, 5.74) is 5.63. The Hall–Kier alpha value is -3.17. The van der Waals surface area contributed by atoms with E-state index in [0.717, 1.165) is 74.6 Å². The van der Waals surface area contributed by atoms with Gasteiger partial charge in [-0.3, -0.25) is 9.98 Å². The van der Waals surface area contributed by atoms with Crippen LogP contribution in [0.5, 0.6) is 11.5 Å². The van der Waals surface area contributed by atoms with Crippen LogP contribution < -0.4 is 10.2 Å². The summed E-state index contributed by atoms with van der Waals surface area (Å²) >= 11 is 0. The number of phenols is 2. The molecule has 2 N–H and O–H groups in total. The van der Waals surface area contributed by atoms with E-state index in [2.05, 4.69) is 23.8 Å². The average molecular weight is 572 g/mol. The monoisotopic (exact) mass is 571 g/mol. The molecule has 0 saturated carbocycles. The van der Waals surface area contributed by atoms with Gasteiger partial charge in [0.25, 0.3) is 0 Å². The second-order valence-corrected chi connectivity index (χ2v) is 8.66. The van der Waals surface area contributed by atoms with E-state index in [1.807, 2.05) is 38.1 Å². The van der Waals surface area contributed by atoms with Gasteiger partial charge in [-0.05, 0) is 87.8 Å². The van der Waals surface area contributed by atoms with Crippen LogP contribution in [0.3, 0.4) is 0 Å². The van der Waals surface area contributed by atoms with E-state index in [4.69, 9.17) is 19.8 Å². The number of benzene rings is 2. The molecule has 0 saturated heterocycles. The third-order valence-corrected chi connectivity index (χ3v) is 5.04. The van der Waals surface area contributed by atoms with Crippen molar-refractivity contribution in [2.24, 2.45) is 9.98 Å². The molecule has 9 heteroatoms. The third kappa shape index (κ3) is 16.5. The number of carbonyl (C=O) groups excluding carboxylic acids is 2. The maximum atomic E-state index is 10.3. The van der Waals surface area contributed by atoms with Gasteiger partial charge in [0.05, 0.1) is 0 Å². The van der Waals surface area contributed by atoms with E-state index < -0.39 is 11.9 Å². The molecule has 8 nitrogen and oxygen atoms in total. The van der Waals surface area contributed by atoms with Crippen LogP contribution in [0.2, 0.25) is 0 Å². The second kappa shape index (κ2) is 20.8. The molecule has 0 heterocycles. The molecule has 0 aliphatic heterocycles. The Morgan fingerprint density at radius 2 is 1.08 bits per heavy atom. The zero-order chi connectivity index (χ0) is 28.4. The number of aromatic hydroxyl groups is 2. The largest absolute Gasteiger partial charge is 2.00 e. The summed E-state index contributed by atoms with van der Waals surface area (Å²) in [4.78, 5) is 26.5. The van der Waals surface area contributed by atoms with Gasteiger partial charge in [-0.1, -0.05) is 38.8 Å². The van der Waals surface area contributed by atoms with E-state index in [-0.39, 0.29) is 34.9 Å². The third-order valence-electron chi connectivity index (χ3n) is 5.04. The summed E-state index contributed by atoms with van der Waals surface area (Å²) in [6.07, 6.45) is 9.91. The molecule has 2 aromatic carbocycles. The van der Waals surface area contributed by atoms with Crippen LogP contribution in [0.15, 0.2) is 34.3 Å². The van der Waals surface area contributed by atoms with Crippen molar-refractivity contribution in [2.75, 3.05) is 6.67 Å². The molecular weight excluding hydrogens is 531 g/mol. The Labute approximate surface area is 236 Å². The van der Waals surface area contributed by atoms with E-state index in [9.17, 15) is 10.2 Å². The van der Waals surface area contributed by atoms with Crippen LogP contribution in [0.4, 0.5) is 0 Å². The number of hydrogen-bond acceptors (Lipinski definition) is 8. The predicted molar refractivity (Wildman–Crippen MR) is 144 cm³/mol. The Morgan fingerprint density at radius 1 is 0.763 bits per heavy atom. The minimum absolute atomic E-state index is 0. The van der Waals surface area contributed by atoms with E-state index >= 15 is 0 Å². The Balaban J connectivity index is 0. The van der Waals surface area contributed by atoms with Gasteiger partial charge < -0.3 is 30.0 Å². The first-order valence-electron chi connectivity index (χ1n) is 12.4. The number of nitrogens with zero attached hydrogens (tertiary/aromatic N) is 2. The quantitative estimate of drug-likeness (QED) is 0.418. The Bertz CT molecular complexity index is 976. The molecule has 0 bridgehead atoms. The Kier molecular flexibility index (Phi) is 20.3. The van der Waals surface area contributed by atoms with E-state index in [0.29, 0.717) is 0 Å². The zero-order valence-corrected chi connectivity index (χ0v) is 24.2. The summed E-state index contributed by atoms with van der Waals surface area (Å²) in [7, 11) is 0. The smallest absolute Gasteiger partial charge is 0.550 e. The number of carboxylic acid groups (broad SMARTS) is 2. The van der Waals surface area contributed by atoms with Crippen LogP contribution >= 0.6 is 0 Å². The fourth-order valence-electron chi connectivity index (χ4n) is 3.34. The van der Waals surface area contributed by atoms with Crippen molar-refractivity contribution in [3.8, 4) is 11.5 Å². The van der Waals surface area contributed by atoms with Crippen molar-refractivity contribution in [3.05, 3.63) is 57.6 Å². The molecule has 211 valence electrons. The van der Waals surface area contributed by atoms with Gasteiger partial charge in [0.15, 0.2) is 0 Å². The van der Waals surface area contributed by atoms with Gasteiger partial charge in [-0.15, -0.1) is 0 Å². The number of rotatable bonds is 10. The Morgan fingerprint density at radius 3 is 1.37 bits per heavy atom. The maximum Gasteiger partial charge on any atom is 2.00 e. The molecule has 0 aromatic heterocycles. The number of aryl methyl sites for hydroxylation is 4. The van der Waals surface area contributed by atoms with Crippen molar-refractivity contribution in [2.45, 2.75) is 80.1 Å². The molecular formula is C29H40CoN2O6. The maximum absolute atomic E-state index is 10.3. The zero-order valence-electron chi connectivity index (χ0n) is 23.2. The number of carbonyl (C=O) groups is 2. The number of unbranched alkanes of at least 4 members (excludes halogenated alkanes) is 2. The topological polar surface area (TPSA) is 145 Å². The fraction of sp³-hybridized carbons (Fsp3) is 0.448. The molecule has 0 unspecified atom stereocenters. The van der Waals surface area contributed by atoms with Gasteiger partial charge in [0.1, 0.15) is 18.2 Å². The van der Waals surface area contributed by atoms with Crippen molar-refractivity contribution < 1.29 is 46.8 Å². The summed E-state index contributed by atoms with van der Waals surface area (Å²) in [6, 6.07) is 8.07. The van der Waals surface area contributed by atoms with Crippen molar-refractivity contribution >= 4 is 24.4 Å². The summed E-state index contributed by atoms with van der Waals surface area (Å²) in [6.45, 7) is 10.4. The number of aliphatic carboxylic acids is 2. The summed E-state index contributed by atoms with van der Waals surface area (Å²) in [5.74, 6) is -1.62. The minimum Gasteiger partial charge on any atom is -0.550 e. The molecule has 2 aromatic rings. The van der Waals surface area contributed by atoms with Crippen molar-refractivity contribution in [1.29, 1.82) is 0 Å². The van der Waals surface area contributed by atoms with Crippen LogP contribution in [0.1, 0.15) is 86.8 Å². The van der Waals surface area contributed by atoms with Crippen LogP contribution in [0, 0.1) is 13.8 Å². The number of phenolic OH excluding ortho intramolecular Hbond substituents is 2. The molecule has 0 spiro atoms. The van der Waals surface area contributed by atoms with Crippen LogP contribution in [-0.2, 0) is 39.2 Å². The number of carboxylic acids is 2. The van der Waals surface area contributed by atoms with Crippen molar-refractivity contribution in [1.82, 2.24) is 0 Å². The van der Waals surface area contributed by atoms with E-state index in [1.165, 1.54) is 11.1 Å². The van der Waals surface area contributed by atoms with Gasteiger partial charge in [-0.2, -0.15) is 0 Å². The minimum atomic E-state index is -1.08. The SMILES string of the molecule is CC(=O)[O-].CC(=O)[O-].CCCCc1cc(C)c(O)c(C=NCN=Cc2cc(CCCC)cc(C)c2O)c1.[Co+2]. The van der Waals surface area contributed by atoms with Gasteiger partial charge in [-0.25, -0.2) is 0 Å². The molecule has 0 aliphatic carbocycles. The molecule has 2 rings (SSSR count).